The molecule has 0 amide bonds. The summed E-state index contributed by atoms with van der Waals surface area (Å²) in [5.41, 5.74) is 0.295. The highest BCUT2D eigenvalue weighted by molar-refractivity contribution is 4.94. The molecular formula is C13H25NO. The summed E-state index contributed by atoms with van der Waals surface area (Å²) in [6.07, 6.45) is 9.64. The van der Waals surface area contributed by atoms with Crippen molar-refractivity contribution in [2.75, 3.05) is 26.7 Å². The predicted molar refractivity (Wildman–Crippen MR) is 62.8 cm³/mol. The molecule has 2 heteroatoms. The third-order valence-corrected chi connectivity index (χ3v) is 4.19. The minimum absolute atomic E-state index is 0.295. The number of aliphatic hydroxyl groups is 1. The van der Waals surface area contributed by atoms with Gasteiger partial charge in [0.05, 0.1) is 0 Å². The Morgan fingerprint density at radius 3 is 2.40 bits per heavy atom. The normalized spacial score (nSPS) is 25.8. The molecule has 0 unspecified atom stereocenters. The van der Waals surface area contributed by atoms with Crippen molar-refractivity contribution in [3.05, 3.63) is 0 Å². The highest BCUT2D eigenvalue weighted by Crippen LogP contribution is 2.45. The van der Waals surface area contributed by atoms with Gasteiger partial charge in [-0.15, -0.1) is 0 Å². The standard InChI is InChI=1S/C13H25NO/c1-14(10-13(11-15)7-8-13)9-12-5-3-2-4-6-12/h12,15H,2-11H2,1H3. The van der Waals surface area contributed by atoms with Gasteiger partial charge in [-0.25, -0.2) is 0 Å². The Bertz CT molecular complexity index is 195. The molecular weight excluding hydrogens is 186 g/mol. The second kappa shape index (κ2) is 4.84. The average Bonchev–Trinajstić information content (AvgIpc) is 3.00. The van der Waals surface area contributed by atoms with E-state index in [1.165, 1.54) is 51.5 Å². The van der Waals surface area contributed by atoms with Gasteiger partial charge in [0, 0.05) is 25.1 Å². The Morgan fingerprint density at radius 2 is 1.87 bits per heavy atom. The zero-order chi connectivity index (χ0) is 10.7. The van der Waals surface area contributed by atoms with Gasteiger partial charge in [0.15, 0.2) is 0 Å². The van der Waals surface area contributed by atoms with Crippen LogP contribution in [-0.2, 0) is 0 Å². The Kier molecular flexibility index (Phi) is 3.68. The van der Waals surface area contributed by atoms with Crippen molar-refractivity contribution in [3.8, 4) is 0 Å². The summed E-state index contributed by atoms with van der Waals surface area (Å²) in [7, 11) is 2.23. The van der Waals surface area contributed by atoms with Gasteiger partial charge in [0.2, 0.25) is 0 Å². The lowest BCUT2D eigenvalue weighted by Crippen LogP contribution is -2.33. The first-order valence-electron chi connectivity index (χ1n) is 6.53. The van der Waals surface area contributed by atoms with Crippen molar-refractivity contribution in [2.45, 2.75) is 44.9 Å². The first-order valence-corrected chi connectivity index (χ1v) is 6.53. The Balaban J connectivity index is 1.69. The maximum Gasteiger partial charge on any atom is 0.0499 e. The molecule has 0 aromatic heterocycles. The lowest BCUT2D eigenvalue weighted by atomic mass is 9.89. The fourth-order valence-electron chi connectivity index (χ4n) is 2.99. The quantitative estimate of drug-likeness (QED) is 0.754. The zero-order valence-corrected chi connectivity index (χ0v) is 10.0. The Hall–Kier alpha value is -0.0800. The lowest BCUT2D eigenvalue weighted by molar-refractivity contribution is 0.145. The molecule has 0 aromatic rings. The highest BCUT2D eigenvalue weighted by Gasteiger charge is 2.42. The van der Waals surface area contributed by atoms with Crippen molar-refractivity contribution >= 4 is 0 Å². The molecule has 0 heterocycles. The maximum atomic E-state index is 9.28. The van der Waals surface area contributed by atoms with Crippen LogP contribution in [0.3, 0.4) is 0 Å². The van der Waals surface area contributed by atoms with E-state index >= 15 is 0 Å². The molecule has 1 N–H and O–H groups in total. The van der Waals surface area contributed by atoms with Crippen LogP contribution in [0.4, 0.5) is 0 Å². The summed E-state index contributed by atoms with van der Waals surface area (Å²) in [5.74, 6) is 0.929. The first-order chi connectivity index (χ1) is 7.24. The van der Waals surface area contributed by atoms with Crippen LogP contribution in [0.15, 0.2) is 0 Å². The van der Waals surface area contributed by atoms with Crippen molar-refractivity contribution < 1.29 is 5.11 Å². The molecule has 0 bridgehead atoms. The Morgan fingerprint density at radius 1 is 1.20 bits per heavy atom. The summed E-state index contributed by atoms with van der Waals surface area (Å²) in [5, 5.41) is 9.28. The minimum atomic E-state index is 0.295. The molecule has 2 fully saturated rings. The monoisotopic (exact) mass is 211 g/mol. The van der Waals surface area contributed by atoms with E-state index in [2.05, 4.69) is 11.9 Å². The topological polar surface area (TPSA) is 23.5 Å². The van der Waals surface area contributed by atoms with E-state index in [-0.39, 0.29) is 0 Å². The van der Waals surface area contributed by atoms with E-state index in [9.17, 15) is 5.11 Å². The Labute approximate surface area is 93.7 Å². The van der Waals surface area contributed by atoms with Crippen molar-refractivity contribution in [1.82, 2.24) is 4.90 Å². The van der Waals surface area contributed by atoms with Crippen LogP contribution in [0.2, 0.25) is 0 Å². The third kappa shape index (κ3) is 3.18. The molecule has 0 spiro atoms. The van der Waals surface area contributed by atoms with E-state index in [1.807, 2.05) is 0 Å². The summed E-state index contributed by atoms with van der Waals surface area (Å²) in [4.78, 5) is 2.46. The van der Waals surface area contributed by atoms with E-state index in [4.69, 9.17) is 0 Å². The smallest absolute Gasteiger partial charge is 0.0499 e. The second-order valence-electron chi connectivity index (χ2n) is 5.86. The van der Waals surface area contributed by atoms with Gasteiger partial charge in [-0.05, 0) is 38.6 Å². The summed E-state index contributed by atoms with van der Waals surface area (Å²) < 4.78 is 0. The molecule has 0 saturated heterocycles. The molecule has 15 heavy (non-hydrogen) atoms. The van der Waals surface area contributed by atoms with Crippen molar-refractivity contribution in [2.24, 2.45) is 11.3 Å². The number of rotatable bonds is 5. The molecule has 2 rings (SSSR count). The minimum Gasteiger partial charge on any atom is -0.396 e. The largest absolute Gasteiger partial charge is 0.396 e. The number of hydrogen-bond acceptors (Lipinski definition) is 2. The van der Waals surface area contributed by atoms with Crippen LogP contribution in [0.1, 0.15) is 44.9 Å². The summed E-state index contributed by atoms with van der Waals surface area (Å²) in [6, 6.07) is 0. The summed E-state index contributed by atoms with van der Waals surface area (Å²) in [6.45, 7) is 2.75. The lowest BCUT2D eigenvalue weighted by Gasteiger charge is -2.29. The van der Waals surface area contributed by atoms with Gasteiger partial charge in [0.1, 0.15) is 0 Å². The molecule has 2 nitrogen and oxygen atoms in total. The van der Waals surface area contributed by atoms with Gasteiger partial charge in [-0.3, -0.25) is 0 Å². The van der Waals surface area contributed by atoms with E-state index in [0.717, 1.165) is 12.5 Å². The van der Waals surface area contributed by atoms with Crippen molar-refractivity contribution in [3.63, 3.8) is 0 Å². The van der Waals surface area contributed by atoms with Crippen LogP contribution in [0.25, 0.3) is 0 Å². The van der Waals surface area contributed by atoms with E-state index < -0.39 is 0 Å². The molecule has 2 saturated carbocycles. The number of aliphatic hydroxyl groups excluding tert-OH is 1. The molecule has 2 aliphatic rings. The van der Waals surface area contributed by atoms with Crippen LogP contribution < -0.4 is 0 Å². The summed E-state index contributed by atoms with van der Waals surface area (Å²) >= 11 is 0. The fraction of sp³-hybridized carbons (Fsp3) is 1.00. The van der Waals surface area contributed by atoms with E-state index in [1.54, 1.807) is 0 Å². The van der Waals surface area contributed by atoms with E-state index in [0.29, 0.717) is 12.0 Å². The van der Waals surface area contributed by atoms with Gasteiger partial charge in [-0.1, -0.05) is 19.3 Å². The second-order valence-corrected chi connectivity index (χ2v) is 5.86. The van der Waals surface area contributed by atoms with Gasteiger partial charge in [-0.2, -0.15) is 0 Å². The number of hydrogen-bond donors (Lipinski definition) is 1. The third-order valence-electron chi connectivity index (χ3n) is 4.19. The predicted octanol–water partition coefficient (Wildman–Crippen LogP) is 2.27. The van der Waals surface area contributed by atoms with Crippen molar-refractivity contribution in [1.29, 1.82) is 0 Å². The maximum absolute atomic E-state index is 9.28. The highest BCUT2D eigenvalue weighted by atomic mass is 16.3. The van der Waals surface area contributed by atoms with Crippen LogP contribution in [-0.4, -0.2) is 36.8 Å². The van der Waals surface area contributed by atoms with Gasteiger partial charge in [0.25, 0.3) is 0 Å². The van der Waals surface area contributed by atoms with Crippen LogP contribution in [0, 0.1) is 11.3 Å². The van der Waals surface area contributed by atoms with Crippen LogP contribution in [0.5, 0.6) is 0 Å². The molecule has 88 valence electrons. The molecule has 2 aliphatic carbocycles. The fourth-order valence-corrected chi connectivity index (χ4v) is 2.99. The number of nitrogens with zero attached hydrogens (tertiary/aromatic N) is 1. The molecule has 0 atom stereocenters. The average molecular weight is 211 g/mol. The van der Waals surface area contributed by atoms with Gasteiger partial charge >= 0.3 is 0 Å². The van der Waals surface area contributed by atoms with Gasteiger partial charge < -0.3 is 10.0 Å². The molecule has 0 radical (unpaired) electrons. The molecule has 0 aliphatic heterocycles. The zero-order valence-electron chi connectivity index (χ0n) is 10.0. The van der Waals surface area contributed by atoms with Crippen LogP contribution >= 0.6 is 0 Å². The molecule has 0 aromatic carbocycles. The SMILES string of the molecule is CN(CC1CCCCC1)CC1(CO)CC1. The first kappa shape index (κ1) is 11.4.